The van der Waals surface area contributed by atoms with Crippen molar-refractivity contribution in [1.29, 1.82) is 0 Å². The molecule has 0 fully saturated rings. The number of allylic oxidation sites excluding steroid dienone is 1. The van der Waals surface area contributed by atoms with E-state index in [4.69, 9.17) is 9.84 Å². The highest BCUT2D eigenvalue weighted by atomic mass is 16.5. The summed E-state index contributed by atoms with van der Waals surface area (Å²) in [5, 5.41) is 12.0. The second-order valence-electron chi connectivity index (χ2n) is 3.53. The molecule has 3 nitrogen and oxygen atoms in total. The molecule has 1 aliphatic heterocycles. The van der Waals surface area contributed by atoms with Crippen LogP contribution >= 0.6 is 0 Å². The van der Waals surface area contributed by atoms with Gasteiger partial charge in [-0.2, -0.15) is 0 Å². The maximum atomic E-state index is 8.69. The van der Waals surface area contributed by atoms with Crippen LogP contribution < -0.4 is 5.32 Å². The van der Waals surface area contributed by atoms with Gasteiger partial charge in [0.25, 0.3) is 0 Å². The van der Waals surface area contributed by atoms with E-state index < -0.39 is 0 Å². The van der Waals surface area contributed by atoms with Gasteiger partial charge >= 0.3 is 0 Å². The van der Waals surface area contributed by atoms with Crippen LogP contribution in [-0.4, -0.2) is 30.4 Å². The van der Waals surface area contributed by atoms with Gasteiger partial charge in [-0.15, -0.1) is 0 Å². The Balaban J connectivity index is 2.07. The number of hydrogen-bond donors (Lipinski definition) is 2. The number of aliphatic hydroxyl groups is 1. The summed E-state index contributed by atoms with van der Waals surface area (Å²) >= 11 is 0. The lowest BCUT2D eigenvalue weighted by Gasteiger charge is -2.22. The van der Waals surface area contributed by atoms with E-state index in [0.717, 1.165) is 25.8 Å². The maximum Gasteiger partial charge on any atom is 0.110 e. The highest BCUT2D eigenvalue weighted by Gasteiger charge is 2.11. The van der Waals surface area contributed by atoms with Gasteiger partial charge in [0, 0.05) is 19.2 Å². The molecule has 0 spiro atoms. The van der Waals surface area contributed by atoms with Gasteiger partial charge in [0.2, 0.25) is 0 Å². The summed E-state index contributed by atoms with van der Waals surface area (Å²) in [6.45, 7) is 3.21. The molecule has 2 atom stereocenters. The van der Waals surface area contributed by atoms with E-state index in [1.54, 1.807) is 6.26 Å². The Morgan fingerprint density at radius 2 is 2.54 bits per heavy atom. The van der Waals surface area contributed by atoms with E-state index in [-0.39, 0.29) is 6.61 Å². The molecule has 76 valence electrons. The zero-order valence-corrected chi connectivity index (χ0v) is 8.20. The van der Waals surface area contributed by atoms with Crippen molar-refractivity contribution in [3.63, 3.8) is 0 Å². The molecular formula is C10H19NO2. The molecule has 0 bridgehead atoms. The van der Waals surface area contributed by atoms with Crippen LogP contribution in [0, 0.1) is 0 Å². The average molecular weight is 185 g/mol. The summed E-state index contributed by atoms with van der Waals surface area (Å²) in [6, 6.07) is 0.375. The summed E-state index contributed by atoms with van der Waals surface area (Å²) in [5.41, 5.74) is 0. The lowest BCUT2D eigenvalue weighted by Crippen LogP contribution is -2.35. The SMILES string of the molecule is CC(CCO)NCC1CCC=CO1. The third-order valence-electron chi connectivity index (χ3n) is 2.28. The molecule has 0 amide bonds. The van der Waals surface area contributed by atoms with E-state index in [9.17, 15) is 0 Å². The molecule has 1 aliphatic rings. The molecule has 3 heteroatoms. The Bertz CT molecular complexity index is 159. The van der Waals surface area contributed by atoms with Crippen molar-refractivity contribution in [3.8, 4) is 0 Å². The quantitative estimate of drug-likeness (QED) is 0.672. The van der Waals surface area contributed by atoms with E-state index in [1.165, 1.54) is 0 Å². The second kappa shape index (κ2) is 6.00. The number of ether oxygens (including phenoxy) is 1. The van der Waals surface area contributed by atoms with Crippen molar-refractivity contribution < 1.29 is 9.84 Å². The molecule has 0 radical (unpaired) electrons. The van der Waals surface area contributed by atoms with E-state index >= 15 is 0 Å². The zero-order valence-electron chi connectivity index (χ0n) is 8.20. The maximum absolute atomic E-state index is 8.69. The van der Waals surface area contributed by atoms with Crippen LogP contribution in [0.15, 0.2) is 12.3 Å². The molecule has 0 aromatic carbocycles. The lowest BCUT2D eigenvalue weighted by atomic mass is 10.1. The fraction of sp³-hybridized carbons (Fsp3) is 0.800. The predicted octanol–water partition coefficient (Wildman–Crippen LogP) is 1.04. The summed E-state index contributed by atoms with van der Waals surface area (Å²) in [4.78, 5) is 0. The van der Waals surface area contributed by atoms with Crippen LogP contribution in [0.2, 0.25) is 0 Å². The van der Waals surface area contributed by atoms with Crippen molar-refractivity contribution in [3.05, 3.63) is 12.3 Å². The topological polar surface area (TPSA) is 41.5 Å². The van der Waals surface area contributed by atoms with Crippen LogP contribution in [0.25, 0.3) is 0 Å². The van der Waals surface area contributed by atoms with Gasteiger partial charge in [-0.25, -0.2) is 0 Å². The Morgan fingerprint density at radius 1 is 1.69 bits per heavy atom. The fourth-order valence-electron chi connectivity index (χ4n) is 1.36. The molecule has 0 aromatic rings. The first-order valence-electron chi connectivity index (χ1n) is 4.97. The van der Waals surface area contributed by atoms with E-state index in [1.807, 2.05) is 6.08 Å². The van der Waals surface area contributed by atoms with Crippen molar-refractivity contribution in [1.82, 2.24) is 5.32 Å². The normalized spacial score (nSPS) is 24.0. The smallest absolute Gasteiger partial charge is 0.110 e. The Morgan fingerprint density at radius 3 is 3.15 bits per heavy atom. The van der Waals surface area contributed by atoms with Crippen LogP contribution in [0.5, 0.6) is 0 Å². The first-order chi connectivity index (χ1) is 6.33. The zero-order chi connectivity index (χ0) is 9.52. The third-order valence-corrected chi connectivity index (χ3v) is 2.28. The van der Waals surface area contributed by atoms with Gasteiger partial charge in [0.05, 0.1) is 6.26 Å². The Labute approximate surface area is 79.8 Å². The first-order valence-corrected chi connectivity index (χ1v) is 4.97. The standard InChI is InChI=1S/C10H19NO2/c1-9(5-6-12)11-8-10-4-2-3-7-13-10/h3,7,9-12H,2,4-6,8H2,1H3. The molecule has 2 N–H and O–H groups in total. The monoisotopic (exact) mass is 185 g/mol. The van der Waals surface area contributed by atoms with Gasteiger partial charge < -0.3 is 15.2 Å². The number of rotatable bonds is 5. The highest BCUT2D eigenvalue weighted by molar-refractivity contribution is 4.83. The summed E-state index contributed by atoms with van der Waals surface area (Å²) in [7, 11) is 0. The molecule has 13 heavy (non-hydrogen) atoms. The van der Waals surface area contributed by atoms with E-state index in [0.29, 0.717) is 12.1 Å². The van der Waals surface area contributed by atoms with Gasteiger partial charge in [-0.1, -0.05) is 0 Å². The third kappa shape index (κ3) is 4.29. The number of aliphatic hydroxyl groups excluding tert-OH is 1. The minimum Gasteiger partial charge on any atom is -0.497 e. The van der Waals surface area contributed by atoms with Crippen molar-refractivity contribution in [2.24, 2.45) is 0 Å². The van der Waals surface area contributed by atoms with Crippen LogP contribution in [0.4, 0.5) is 0 Å². The second-order valence-corrected chi connectivity index (χ2v) is 3.53. The lowest BCUT2D eigenvalue weighted by molar-refractivity contribution is 0.118. The molecule has 0 aromatic heterocycles. The van der Waals surface area contributed by atoms with Gasteiger partial charge in [0.1, 0.15) is 6.10 Å². The van der Waals surface area contributed by atoms with Gasteiger partial charge in [0.15, 0.2) is 0 Å². The largest absolute Gasteiger partial charge is 0.497 e. The average Bonchev–Trinajstić information content (AvgIpc) is 2.17. The van der Waals surface area contributed by atoms with Gasteiger partial charge in [-0.05, 0) is 32.3 Å². The van der Waals surface area contributed by atoms with E-state index in [2.05, 4.69) is 12.2 Å². The Hall–Kier alpha value is -0.540. The molecule has 2 unspecified atom stereocenters. The molecule has 0 saturated carbocycles. The van der Waals surface area contributed by atoms with Crippen molar-refractivity contribution in [2.45, 2.75) is 38.3 Å². The molecule has 1 rings (SSSR count). The van der Waals surface area contributed by atoms with Crippen LogP contribution in [0.3, 0.4) is 0 Å². The minimum absolute atomic E-state index is 0.250. The molecular weight excluding hydrogens is 166 g/mol. The summed E-state index contributed by atoms with van der Waals surface area (Å²) in [6.07, 6.45) is 7.16. The first kappa shape index (κ1) is 10.5. The predicted molar refractivity (Wildman–Crippen MR) is 52.4 cm³/mol. The fourth-order valence-corrected chi connectivity index (χ4v) is 1.36. The van der Waals surface area contributed by atoms with Crippen LogP contribution in [-0.2, 0) is 4.74 Å². The van der Waals surface area contributed by atoms with Crippen LogP contribution in [0.1, 0.15) is 26.2 Å². The minimum atomic E-state index is 0.250. The molecule has 0 saturated heterocycles. The van der Waals surface area contributed by atoms with Gasteiger partial charge in [-0.3, -0.25) is 0 Å². The number of hydrogen-bond acceptors (Lipinski definition) is 3. The van der Waals surface area contributed by atoms with Crippen molar-refractivity contribution >= 4 is 0 Å². The molecule has 0 aliphatic carbocycles. The van der Waals surface area contributed by atoms with Crippen molar-refractivity contribution in [2.75, 3.05) is 13.2 Å². The number of nitrogens with one attached hydrogen (secondary N) is 1. The summed E-state index contributed by atoms with van der Waals surface area (Å²) in [5.74, 6) is 0. The molecule has 1 heterocycles. The Kier molecular flexibility index (Phi) is 4.86. The summed E-state index contributed by atoms with van der Waals surface area (Å²) < 4.78 is 5.40. The highest BCUT2D eigenvalue weighted by Crippen LogP contribution is 2.09.